The molecule has 0 saturated carbocycles. The molecule has 0 aliphatic heterocycles. The van der Waals surface area contributed by atoms with Crippen LogP contribution >= 0.6 is 0 Å². The third-order valence-electron chi connectivity index (χ3n) is 6.39. The monoisotopic (exact) mass is 482 g/mol. The molecule has 0 aromatic rings. The molecule has 0 spiro atoms. The van der Waals surface area contributed by atoms with Crippen LogP contribution in [0.2, 0.25) is 0 Å². The molecule has 1 N–H and O–H groups in total. The smallest absolute Gasteiger partial charge is 0.305 e. The van der Waals surface area contributed by atoms with Crippen molar-refractivity contribution >= 4 is 5.97 Å². The first kappa shape index (κ1) is 33.1. The van der Waals surface area contributed by atoms with Crippen LogP contribution in [-0.2, 0) is 14.3 Å². The molecular formula is C30H58O4. The topological polar surface area (TPSA) is 55.8 Å². The maximum atomic E-state index is 11.2. The quantitative estimate of drug-likeness (QED) is 0.0722. The molecule has 1 unspecified atom stereocenters. The van der Waals surface area contributed by atoms with E-state index in [9.17, 15) is 9.90 Å². The SMILES string of the molecule is CCCCCCCCCC/C=C\CCCCCCCCCCCCOCC(CO)OC(=O)CC. The number of carbonyl (C=O) groups is 1. The van der Waals surface area contributed by atoms with Crippen molar-refractivity contribution in [2.75, 3.05) is 19.8 Å². The zero-order valence-corrected chi connectivity index (χ0v) is 22.9. The summed E-state index contributed by atoms with van der Waals surface area (Å²) in [6, 6.07) is 0. The first-order valence-corrected chi connectivity index (χ1v) is 14.8. The highest BCUT2D eigenvalue weighted by Gasteiger charge is 2.12. The molecule has 202 valence electrons. The third-order valence-corrected chi connectivity index (χ3v) is 6.39. The van der Waals surface area contributed by atoms with E-state index in [4.69, 9.17) is 9.47 Å². The van der Waals surface area contributed by atoms with Gasteiger partial charge < -0.3 is 14.6 Å². The van der Waals surface area contributed by atoms with Crippen molar-refractivity contribution in [2.24, 2.45) is 0 Å². The molecular weight excluding hydrogens is 424 g/mol. The molecule has 0 rings (SSSR count). The van der Waals surface area contributed by atoms with Crippen molar-refractivity contribution in [1.82, 2.24) is 0 Å². The first-order valence-electron chi connectivity index (χ1n) is 14.8. The Balaban J connectivity index is 3.21. The second-order valence-electron chi connectivity index (χ2n) is 9.78. The predicted molar refractivity (Wildman–Crippen MR) is 145 cm³/mol. The second-order valence-corrected chi connectivity index (χ2v) is 9.78. The Morgan fingerprint density at radius 1 is 0.676 bits per heavy atom. The van der Waals surface area contributed by atoms with Crippen LogP contribution in [0.1, 0.15) is 149 Å². The number of aliphatic hydroxyl groups is 1. The Hall–Kier alpha value is -0.870. The minimum absolute atomic E-state index is 0.179. The van der Waals surface area contributed by atoms with Gasteiger partial charge in [-0.1, -0.05) is 122 Å². The molecule has 0 aromatic heterocycles. The summed E-state index contributed by atoms with van der Waals surface area (Å²) in [7, 11) is 0. The van der Waals surface area contributed by atoms with Gasteiger partial charge in [0, 0.05) is 13.0 Å². The van der Waals surface area contributed by atoms with Gasteiger partial charge >= 0.3 is 5.97 Å². The molecule has 4 nitrogen and oxygen atoms in total. The number of hydrogen-bond acceptors (Lipinski definition) is 4. The Morgan fingerprint density at radius 2 is 1.12 bits per heavy atom. The fourth-order valence-corrected chi connectivity index (χ4v) is 4.12. The minimum Gasteiger partial charge on any atom is -0.457 e. The Labute approximate surface area is 212 Å². The van der Waals surface area contributed by atoms with Gasteiger partial charge in [0.15, 0.2) is 0 Å². The fraction of sp³-hybridized carbons (Fsp3) is 0.900. The van der Waals surface area contributed by atoms with Crippen molar-refractivity contribution in [2.45, 2.75) is 155 Å². The zero-order valence-electron chi connectivity index (χ0n) is 22.9. The molecule has 0 amide bonds. The molecule has 34 heavy (non-hydrogen) atoms. The van der Waals surface area contributed by atoms with Gasteiger partial charge in [-0.3, -0.25) is 4.79 Å². The highest BCUT2D eigenvalue weighted by molar-refractivity contribution is 5.69. The summed E-state index contributed by atoms with van der Waals surface area (Å²) in [4.78, 5) is 11.2. The third kappa shape index (κ3) is 25.7. The van der Waals surface area contributed by atoms with E-state index in [0.29, 0.717) is 13.0 Å². The van der Waals surface area contributed by atoms with E-state index in [0.717, 1.165) is 6.42 Å². The lowest BCUT2D eigenvalue weighted by molar-refractivity contribution is -0.154. The van der Waals surface area contributed by atoms with Crippen LogP contribution in [0, 0.1) is 0 Å². The number of hydrogen-bond donors (Lipinski definition) is 1. The number of aliphatic hydroxyl groups excluding tert-OH is 1. The van der Waals surface area contributed by atoms with E-state index in [2.05, 4.69) is 19.1 Å². The Bertz CT molecular complexity index is 436. The van der Waals surface area contributed by atoms with Crippen molar-refractivity contribution in [3.63, 3.8) is 0 Å². The lowest BCUT2D eigenvalue weighted by Crippen LogP contribution is -2.27. The first-order chi connectivity index (χ1) is 16.7. The molecule has 0 aromatic carbocycles. The van der Waals surface area contributed by atoms with Gasteiger partial charge in [-0.15, -0.1) is 0 Å². The van der Waals surface area contributed by atoms with Crippen molar-refractivity contribution in [1.29, 1.82) is 0 Å². The predicted octanol–water partition coefficient (Wildman–Crippen LogP) is 8.70. The molecule has 4 heteroatoms. The molecule has 0 aliphatic rings. The van der Waals surface area contributed by atoms with Crippen LogP contribution in [0.15, 0.2) is 12.2 Å². The largest absolute Gasteiger partial charge is 0.457 e. The lowest BCUT2D eigenvalue weighted by atomic mass is 10.1. The van der Waals surface area contributed by atoms with Gasteiger partial charge in [-0.05, 0) is 32.1 Å². The highest BCUT2D eigenvalue weighted by atomic mass is 16.6. The maximum Gasteiger partial charge on any atom is 0.305 e. The van der Waals surface area contributed by atoms with Gasteiger partial charge in [-0.25, -0.2) is 0 Å². The van der Waals surface area contributed by atoms with E-state index in [1.165, 1.54) is 122 Å². The molecule has 0 bridgehead atoms. The zero-order chi connectivity index (χ0) is 25.0. The maximum absolute atomic E-state index is 11.2. The second kappa shape index (κ2) is 28.4. The highest BCUT2D eigenvalue weighted by Crippen LogP contribution is 2.13. The van der Waals surface area contributed by atoms with E-state index >= 15 is 0 Å². The van der Waals surface area contributed by atoms with Crippen LogP contribution in [0.3, 0.4) is 0 Å². The number of ether oxygens (including phenoxy) is 2. The lowest BCUT2D eigenvalue weighted by Gasteiger charge is -2.15. The summed E-state index contributed by atoms with van der Waals surface area (Å²) < 4.78 is 10.6. The summed E-state index contributed by atoms with van der Waals surface area (Å²) in [5.41, 5.74) is 0. The average molecular weight is 483 g/mol. The fourth-order valence-electron chi connectivity index (χ4n) is 4.12. The van der Waals surface area contributed by atoms with Gasteiger partial charge in [0.1, 0.15) is 6.10 Å². The Morgan fingerprint density at radius 3 is 1.56 bits per heavy atom. The number of allylic oxidation sites excluding steroid dienone is 2. The van der Waals surface area contributed by atoms with Crippen LogP contribution < -0.4 is 0 Å². The molecule has 0 saturated heterocycles. The van der Waals surface area contributed by atoms with E-state index in [-0.39, 0.29) is 19.2 Å². The van der Waals surface area contributed by atoms with Crippen molar-refractivity contribution in [3.8, 4) is 0 Å². The van der Waals surface area contributed by atoms with Crippen LogP contribution in [0.25, 0.3) is 0 Å². The summed E-state index contributed by atoms with van der Waals surface area (Å²) in [5.74, 6) is -0.288. The van der Waals surface area contributed by atoms with Gasteiger partial charge in [-0.2, -0.15) is 0 Å². The number of esters is 1. The van der Waals surface area contributed by atoms with Crippen LogP contribution in [0.5, 0.6) is 0 Å². The van der Waals surface area contributed by atoms with Crippen LogP contribution in [-0.4, -0.2) is 37.0 Å². The van der Waals surface area contributed by atoms with Gasteiger partial charge in [0.05, 0.1) is 13.2 Å². The summed E-state index contributed by atoms with van der Waals surface area (Å²) >= 11 is 0. The summed E-state index contributed by atoms with van der Waals surface area (Å²) in [5, 5.41) is 9.19. The summed E-state index contributed by atoms with van der Waals surface area (Å²) in [6.07, 6.45) is 31.4. The molecule has 0 radical (unpaired) electrons. The van der Waals surface area contributed by atoms with Crippen molar-refractivity contribution in [3.05, 3.63) is 12.2 Å². The number of unbranched alkanes of at least 4 members (excludes halogenated alkanes) is 18. The van der Waals surface area contributed by atoms with E-state index in [1.807, 2.05) is 0 Å². The average Bonchev–Trinajstić information content (AvgIpc) is 2.85. The van der Waals surface area contributed by atoms with Gasteiger partial charge in [0.2, 0.25) is 0 Å². The molecule has 0 heterocycles. The number of carbonyl (C=O) groups excluding carboxylic acids is 1. The van der Waals surface area contributed by atoms with Crippen molar-refractivity contribution < 1.29 is 19.4 Å². The molecule has 0 fully saturated rings. The number of rotatable bonds is 27. The normalized spacial score (nSPS) is 12.4. The Kier molecular flexibility index (Phi) is 27.6. The van der Waals surface area contributed by atoms with Gasteiger partial charge in [0.25, 0.3) is 0 Å². The minimum atomic E-state index is -0.525. The molecule has 0 aliphatic carbocycles. The standard InChI is InChI=1S/C30H58O4/c1-3-5-6-7-8-9-10-11-12-13-14-15-16-17-18-19-20-21-22-23-24-25-26-33-28-29(27-31)34-30(32)4-2/h13-14,29,31H,3-12,15-28H2,1-2H3/b14-13-. The van der Waals surface area contributed by atoms with Crippen LogP contribution in [0.4, 0.5) is 0 Å². The van der Waals surface area contributed by atoms with E-state index < -0.39 is 6.10 Å². The summed E-state index contributed by atoms with van der Waals surface area (Å²) in [6.45, 7) is 4.81. The van der Waals surface area contributed by atoms with E-state index in [1.54, 1.807) is 6.92 Å². The molecule has 1 atom stereocenters.